The normalized spacial score (nSPS) is 13.0. The first-order valence-electron chi connectivity index (χ1n) is 6.68. The van der Waals surface area contributed by atoms with Crippen molar-refractivity contribution in [3.63, 3.8) is 0 Å². The van der Waals surface area contributed by atoms with Crippen LogP contribution in [-0.4, -0.2) is 14.7 Å². The van der Waals surface area contributed by atoms with Gasteiger partial charge in [0.1, 0.15) is 11.6 Å². The molecule has 0 bridgehead atoms. The Morgan fingerprint density at radius 1 is 1.33 bits per heavy atom. The average Bonchev–Trinajstić information content (AvgIpc) is 2.99. The summed E-state index contributed by atoms with van der Waals surface area (Å²) in [5.41, 5.74) is 3.65. The van der Waals surface area contributed by atoms with Crippen LogP contribution in [-0.2, 0) is 5.88 Å². The molecule has 2 heterocycles. The van der Waals surface area contributed by atoms with Crippen LogP contribution in [0.3, 0.4) is 0 Å². The summed E-state index contributed by atoms with van der Waals surface area (Å²) in [6.45, 7) is 5.92. The van der Waals surface area contributed by atoms with Gasteiger partial charge in [-0.25, -0.2) is 4.98 Å². The molecule has 0 aliphatic carbocycles. The summed E-state index contributed by atoms with van der Waals surface area (Å²) in [5, 5.41) is 4.69. The van der Waals surface area contributed by atoms with E-state index in [0.29, 0.717) is 10.9 Å². The number of alkyl halides is 1. The Bertz CT molecular complexity index is 787. The van der Waals surface area contributed by atoms with Crippen LogP contribution in [0.4, 0.5) is 0 Å². The highest BCUT2D eigenvalue weighted by atomic mass is 35.5. The first kappa shape index (κ1) is 14.4. The second-order valence-electron chi connectivity index (χ2n) is 5.05. The van der Waals surface area contributed by atoms with Crippen LogP contribution in [0.5, 0.6) is 0 Å². The average molecular weight is 324 g/mol. The van der Waals surface area contributed by atoms with E-state index in [1.807, 2.05) is 32.0 Å². The molecular formula is C15H15Cl2N3O. The number of hydrogen-bond donors (Lipinski definition) is 0. The first-order chi connectivity index (χ1) is 10.0. The van der Waals surface area contributed by atoms with Crippen LogP contribution >= 0.6 is 23.2 Å². The molecule has 1 unspecified atom stereocenters. The van der Waals surface area contributed by atoms with Gasteiger partial charge in [-0.15, -0.1) is 11.6 Å². The van der Waals surface area contributed by atoms with E-state index in [0.717, 1.165) is 33.9 Å². The molecule has 0 amide bonds. The van der Waals surface area contributed by atoms with Gasteiger partial charge in [-0.2, -0.15) is 0 Å². The van der Waals surface area contributed by atoms with E-state index in [1.54, 1.807) is 0 Å². The zero-order chi connectivity index (χ0) is 15.1. The summed E-state index contributed by atoms with van der Waals surface area (Å²) in [7, 11) is 0. The highest BCUT2D eigenvalue weighted by Gasteiger charge is 2.23. The molecule has 1 aromatic carbocycles. The minimum Gasteiger partial charge on any atom is -0.361 e. The fraction of sp³-hybridized carbons (Fsp3) is 0.333. The number of benzene rings is 1. The monoisotopic (exact) mass is 323 g/mol. The Balaban J connectivity index is 2.28. The van der Waals surface area contributed by atoms with Gasteiger partial charge in [0.05, 0.1) is 33.7 Å². The number of para-hydroxylation sites is 1. The Kier molecular flexibility index (Phi) is 3.68. The smallest absolute Gasteiger partial charge is 0.139 e. The Morgan fingerprint density at radius 2 is 2.10 bits per heavy atom. The summed E-state index contributed by atoms with van der Waals surface area (Å²) in [5.74, 6) is 1.90. The summed E-state index contributed by atoms with van der Waals surface area (Å²) in [6.07, 6.45) is 0. The van der Waals surface area contributed by atoms with Crippen LogP contribution in [0.25, 0.3) is 11.0 Å². The molecule has 4 nitrogen and oxygen atoms in total. The van der Waals surface area contributed by atoms with Gasteiger partial charge in [-0.05, 0) is 32.9 Å². The third-order valence-electron chi connectivity index (χ3n) is 3.75. The number of fused-ring (bicyclic) bond motifs is 1. The maximum atomic E-state index is 6.37. The number of aryl methyl sites for hydroxylation is 2. The van der Waals surface area contributed by atoms with Crippen LogP contribution in [0, 0.1) is 13.8 Å². The van der Waals surface area contributed by atoms with Crippen molar-refractivity contribution >= 4 is 34.2 Å². The molecule has 3 rings (SSSR count). The minimum absolute atomic E-state index is 0.00472. The molecule has 1 atom stereocenters. The zero-order valence-electron chi connectivity index (χ0n) is 12.0. The standard InChI is InChI=1S/C15H15Cl2N3O/c1-8-14(10(3)21-19-8)9(2)20-13(7-16)18-12-6-4-5-11(17)15(12)20/h4-6,9H,7H2,1-3H3. The Labute approximate surface area is 132 Å². The van der Waals surface area contributed by atoms with Gasteiger partial charge in [-0.3, -0.25) is 0 Å². The fourth-order valence-electron chi connectivity index (χ4n) is 2.88. The molecule has 0 radical (unpaired) electrons. The van der Waals surface area contributed by atoms with Gasteiger partial charge in [0.2, 0.25) is 0 Å². The number of imidazole rings is 1. The lowest BCUT2D eigenvalue weighted by Gasteiger charge is -2.17. The van der Waals surface area contributed by atoms with Gasteiger partial charge < -0.3 is 9.09 Å². The maximum absolute atomic E-state index is 6.37. The highest BCUT2D eigenvalue weighted by molar-refractivity contribution is 6.35. The molecule has 21 heavy (non-hydrogen) atoms. The molecule has 0 fully saturated rings. The van der Waals surface area contributed by atoms with Crippen molar-refractivity contribution in [3.8, 4) is 0 Å². The summed E-state index contributed by atoms with van der Waals surface area (Å²) >= 11 is 12.5. The van der Waals surface area contributed by atoms with E-state index >= 15 is 0 Å². The molecule has 6 heteroatoms. The lowest BCUT2D eigenvalue weighted by atomic mass is 10.1. The van der Waals surface area contributed by atoms with E-state index in [4.69, 9.17) is 27.7 Å². The van der Waals surface area contributed by atoms with Crippen LogP contribution < -0.4 is 0 Å². The predicted molar refractivity (Wildman–Crippen MR) is 84.1 cm³/mol. The van der Waals surface area contributed by atoms with Gasteiger partial charge in [-0.1, -0.05) is 22.8 Å². The van der Waals surface area contributed by atoms with E-state index < -0.39 is 0 Å². The van der Waals surface area contributed by atoms with E-state index in [-0.39, 0.29) is 6.04 Å². The Hall–Kier alpha value is -1.52. The largest absolute Gasteiger partial charge is 0.361 e. The van der Waals surface area contributed by atoms with Crippen molar-refractivity contribution in [1.29, 1.82) is 0 Å². The topological polar surface area (TPSA) is 43.9 Å². The van der Waals surface area contributed by atoms with E-state index in [9.17, 15) is 0 Å². The fourth-order valence-corrected chi connectivity index (χ4v) is 3.33. The molecule has 0 saturated carbocycles. The molecule has 2 aromatic heterocycles. The van der Waals surface area contributed by atoms with E-state index in [1.165, 1.54) is 0 Å². The molecular weight excluding hydrogens is 309 g/mol. The molecule has 0 saturated heterocycles. The second-order valence-corrected chi connectivity index (χ2v) is 5.73. The molecule has 110 valence electrons. The number of hydrogen-bond acceptors (Lipinski definition) is 3. The number of rotatable bonds is 3. The minimum atomic E-state index is -0.00472. The van der Waals surface area contributed by atoms with Crippen LogP contribution in [0.2, 0.25) is 5.02 Å². The molecule has 0 N–H and O–H groups in total. The van der Waals surface area contributed by atoms with Gasteiger partial charge in [0, 0.05) is 5.56 Å². The highest BCUT2D eigenvalue weighted by Crippen LogP contribution is 2.33. The summed E-state index contributed by atoms with van der Waals surface area (Å²) in [6, 6.07) is 5.68. The van der Waals surface area contributed by atoms with Gasteiger partial charge >= 0.3 is 0 Å². The first-order valence-corrected chi connectivity index (χ1v) is 7.60. The van der Waals surface area contributed by atoms with Crippen LogP contribution in [0.15, 0.2) is 22.7 Å². The molecule has 3 aromatic rings. The third kappa shape index (κ3) is 2.23. The van der Waals surface area contributed by atoms with Crippen molar-refractivity contribution in [2.45, 2.75) is 32.7 Å². The summed E-state index contributed by atoms with van der Waals surface area (Å²) < 4.78 is 7.35. The van der Waals surface area contributed by atoms with Crippen molar-refractivity contribution in [2.24, 2.45) is 0 Å². The molecule has 0 aliphatic heterocycles. The molecule has 0 aliphatic rings. The second kappa shape index (κ2) is 5.35. The van der Waals surface area contributed by atoms with Crippen molar-refractivity contribution in [1.82, 2.24) is 14.7 Å². The number of halogens is 2. The SMILES string of the molecule is Cc1noc(C)c1C(C)n1c(CCl)nc2cccc(Cl)c21. The van der Waals surface area contributed by atoms with Gasteiger partial charge in [0.25, 0.3) is 0 Å². The molecule has 0 spiro atoms. The lowest BCUT2D eigenvalue weighted by Crippen LogP contribution is -2.11. The zero-order valence-corrected chi connectivity index (χ0v) is 13.5. The number of aromatic nitrogens is 3. The summed E-state index contributed by atoms with van der Waals surface area (Å²) in [4.78, 5) is 4.58. The number of nitrogens with zero attached hydrogens (tertiary/aromatic N) is 3. The van der Waals surface area contributed by atoms with Crippen molar-refractivity contribution in [3.05, 3.63) is 46.1 Å². The quantitative estimate of drug-likeness (QED) is 0.659. The predicted octanol–water partition coefficient (Wildman–Crippen LogP) is 4.64. The lowest BCUT2D eigenvalue weighted by molar-refractivity contribution is 0.391. The van der Waals surface area contributed by atoms with Crippen molar-refractivity contribution < 1.29 is 4.52 Å². The van der Waals surface area contributed by atoms with Crippen LogP contribution in [0.1, 0.15) is 35.8 Å². The Morgan fingerprint density at radius 3 is 2.71 bits per heavy atom. The van der Waals surface area contributed by atoms with Crippen molar-refractivity contribution in [2.75, 3.05) is 0 Å². The van der Waals surface area contributed by atoms with E-state index in [2.05, 4.69) is 21.6 Å². The van der Waals surface area contributed by atoms with Gasteiger partial charge in [0.15, 0.2) is 0 Å². The maximum Gasteiger partial charge on any atom is 0.139 e. The third-order valence-corrected chi connectivity index (χ3v) is 4.29.